The van der Waals surface area contributed by atoms with Gasteiger partial charge in [-0.3, -0.25) is 9.69 Å². The first kappa shape index (κ1) is 13.7. The first-order chi connectivity index (χ1) is 9.68. The number of benzene rings is 1. The van der Waals surface area contributed by atoms with Crippen molar-refractivity contribution in [2.75, 3.05) is 33.2 Å². The molecular weight excluding hydrogens is 252 g/mol. The Morgan fingerprint density at radius 2 is 2.00 bits per heavy atom. The number of β-amino-alcohol motifs (C(OH)–C–C–N with tert-alkyl or cyclic N) is 1. The van der Waals surface area contributed by atoms with Gasteiger partial charge in [0.15, 0.2) is 11.9 Å². The summed E-state index contributed by atoms with van der Waals surface area (Å²) in [7, 11) is 1.99. The average Bonchev–Trinajstić information content (AvgIpc) is 2.94. The number of nitrogens with zero attached hydrogens (tertiary/aromatic N) is 1. The molecule has 0 bridgehead atoms. The first-order valence-electron chi connectivity index (χ1n) is 7.29. The Morgan fingerprint density at radius 1 is 1.35 bits per heavy atom. The van der Waals surface area contributed by atoms with Crippen molar-refractivity contribution in [1.82, 2.24) is 10.2 Å². The minimum absolute atomic E-state index is 0.403. The standard InChI is InChI=1S/C16H22N2O2/c1-17-7-13-14-8-18(9-15(13)14)10-16(20,11-19)12-5-3-2-4-6-12/h2-6,11,13-15,17,20H,7-10H2,1H3. The number of hydrogen-bond acceptors (Lipinski definition) is 4. The summed E-state index contributed by atoms with van der Waals surface area (Å²) in [5, 5.41) is 13.8. The Balaban J connectivity index is 1.62. The van der Waals surface area contributed by atoms with Gasteiger partial charge in [0.2, 0.25) is 0 Å². The number of rotatable bonds is 6. The molecule has 0 spiro atoms. The number of aliphatic hydroxyl groups is 1. The average molecular weight is 274 g/mol. The summed E-state index contributed by atoms with van der Waals surface area (Å²) >= 11 is 0. The second-order valence-corrected chi connectivity index (χ2v) is 6.15. The van der Waals surface area contributed by atoms with Crippen LogP contribution in [0.25, 0.3) is 0 Å². The van der Waals surface area contributed by atoms with Crippen LogP contribution in [0.1, 0.15) is 5.56 Å². The highest BCUT2D eigenvalue weighted by atomic mass is 16.3. The molecule has 3 rings (SSSR count). The summed E-state index contributed by atoms with van der Waals surface area (Å²) in [4.78, 5) is 13.6. The van der Waals surface area contributed by atoms with Crippen molar-refractivity contribution in [3.63, 3.8) is 0 Å². The van der Waals surface area contributed by atoms with Gasteiger partial charge in [0.1, 0.15) is 0 Å². The van der Waals surface area contributed by atoms with Crippen molar-refractivity contribution in [3.05, 3.63) is 35.9 Å². The predicted octanol–water partition coefficient (Wildman–Crippen LogP) is 0.470. The van der Waals surface area contributed by atoms with Crippen molar-refractivity contribution < 1.29 is 9.90 Å². The van der Waals surface area contributed by atoms with Crippen molar-refractivity contribution in [3.8, 4) is 0 Å². The van der Waals surface area contributed by atoms with Crippen LogP contribution in [0.15, 0.2) is 30.3 Å². The van der Waals surface area contributed by atoms with E-state index < -0.39 is 5.60 Å². The number of fused-ring (bicyclic) bond motifs is 1. The van der Waals surface area contributed by atoms with E-state index in [-0.39, 0.29) is 0 Å². The number of carbonyl (C=O) groups excluding carboxylic acids is 1. The maximum atomic E-state index is 11.4. The molecule has 2 aliphatic rings. The van der Waals surface area contributed by atoms with Crippen LogP contribution in [0.3, 0.4) is 0 Å². The largest absolute Gasteiger partial charge is 0.376 e. The fourth-order valence-electron chi connectivity index (χ4n) is 3.67. The molecule has 1 heterocycles. The van der Waals surface area contributed by atoms with Gasteiger partial charge in [-0.25, -0.2) is 0 Å². The Morgan fingerprint density at radius 3 is 2.55 bits per heavy atom. The molecule has 1 saturated carbocycles. The Bertz CT molecular complexity index is 467. The van der Waals surface area contributed by atoms with E-state index in [1.807, 2.05) is 37.4 Å². The summed E-state index contributed by atoms with van der Waals surface area (Å²) in [5.74, 6) is 2.28. The van der Waals surface area contributed by atoms with Gasteiger partial charge in [-0.2, -0.15) is 0 Å². The van der Waals surface area contributed by atoms with Gasteiger partial charge in [0.25, 0.3) is 0 Å². The second kappa shape index (κ2) is 5.28. The summed E-state index contributed by atoms with van der Waals surface area (Å²) in [6, 6.07) is 9.23. The van der Waals surface area contributed by atoms with Crippen LogP contribution in [0.2, 0.25) is 0 Å². The minimum Gasteiger partial charge on any atom is -0.376 e. The van der Waals surface area contributed by atoms with E-state index in [2.05, 4.69) is 10.2 Å². The third-order valence-electron chi connectivity index (χ3n) is 4.82. The fraction of sp³-hybridized carbons (Fsp3) is 0.562. The molecule has 1 saturated heterocycles. The van der Waals surface area contributed by atoms with E-state index in [0.29, 0.717) is 18.4 Å². The Hall–Kier alpha value is -1.23. The van der Waals surface area contributed by atoms with Crippen LogP contribution < -0.4 is 5.32 Å². The predicted molar refractivity (Wildman–Crippen MR) is 77.2 cm³/mol. The lowest BCUT2D eigenvalue weighted by atomic mass is 9.94. The minimum atomic E-state index is -1.38. The maximum absolute atomic E-state index is 11.4. The zero-order valence-electron chi connectivity index (χ0n) is 11.8. The molecule has 108 valence electrons. The third-order valence-corrected chi connectivity index (χ3v) is 4.82. The molecule has 4 nitrogen and oxygen atoms in total. The molecule has 4 heteroatoms. The van der Waals surface area contributed by atoms with Crippen LogP contribution in [0.4, 0.5) is 0 Å². The van der Waals surface area contributed by atoms with Crippen LogP contribution in [-0.2, 0) is 10.4 Å². The summed E-state index contributed by atoms with van der Waals surface area (Å²) in [6.07, 6.45) is 0.678. The topological polar surface area (TPSA) is 52.6 Å². The van der Waals surface area contributed by atoms with E-state index in [1.165, 1.54) is 0 Å². The lowest BCUT2D eigenvalue weighted by Crippen LogP contribution is -2.42. The van der Waals surface area contributed by atoms with E-state index in [1.54, 1.807) is 0 Å². The van der Waals surface area contributed by atoms with Crippen LogP contribution in [0.5, 0.6) is 0 Å². The normalized spacial score (nSPS) is 31.6. The van der Waals surface area contributed by atoms with Gasteiger partial charge in [0.05, 0.1) is 0 Å². The smallest absolute Gasteiger partial charge is 0.157 e. The summed E-state index contributed by atoms with van der Waals surface area (Å²) in [5.41, 5.74) is -0.696. The highest BCUT2D eigenvalue weighted by Crippen LogP contribution is 2.51. The molecule has 2 N–H and O–H groups in total. The molecule has 3 atom stereocenters. The fourth-order valence-corrected chi connectivity index (χ4v) is 3.67. The van der Waals surface area contributed by atoms with E-state index in [0.717, 1.165) is 37.4 Å². The van der Waals surface area contributed by atoms with Crippen molar-refractivity contribution in [2.45, 2.75) is 5.60 Å². The molecule has 0 aromatic heterocycles. The number of aldehydes is 1. The number of piperidine rings is 1. The van der Waals surface area contributed by atoms with E-state index in [9.17, 15) is 9.90 Å². The second-order valence-electron chi connectivity index (χ2n) is 6.15. The van der Waals surface area contributed by atoms with E-state index in [4.69, 9.17) is 0 Å². The molecule has 20 heavy (non-hydrogen) atoms. The number of carbonyl (C=O) groups is 1. The molecule has 2 fully saturated rings. The molecule has 3 unspecified atom stereocenters. The highest BCUT2D eigenvalue weighted by Gasteiger charge is 2.55. The number of likely N-dealkylation sites (tertiary alicyclic amines) is 1. The molecule has 1 aromatic carbocycles. The van der Waals surface area contributed by atoms with Gasteiger partial charge >= 0.3 is 0 Å². The van der Waals surface area contributed by atoms with Gasteiger partial charge in [-0.05, 0) is 36.9 Å². The summed E-state index contributed by atoms with van der Waals surface area (Å²) < 4.78 is 0. The maximum Gasteiger partial charge on any atom is 0.157 e. The van der Waals surface area contributed by atoms with Gasteiger partial charge in [-0.15, -0.1) is 0 Å². The van der Waals surface area contributed by atoms with Gasteiger partial charge < -0.3 is 10.4 Å². The highest BCUT2D eigenvalue weighted by molar-refractivity contribution is 5.66. The van der Waals surface area contributed by atoms with Crippen molar-refractivity contribution >= 4 is 6.29 Å². The number of hydrogen-bond donors (Lipinski definition) is 2. The Kier molecular flexibility index (Phi) is 3.63. The third kappa shape index (κ3) is 2.39. The molecule has 1 aliphatic carbocycles. The molecule has 1 aliphatic heterocycles. The monoisotopic (exact) mass is 274 g/mol. The Labute approximate surface area is 119 Å². The van der Waals surface area contributed by atoms with Crippen LogP contribution >= 0.6 is 0 Å². The zero-order chi connectivity index (χ0) is 14.2. The van der Waals surface area contributed by atoms with Gasteiger partial charge in [0, 0.05) is 19.6 Å². The molecule has 1 aromatic rings. The quantitative estimate of drug-likeness (QED) is 0.741. The lowest BCUT2D eigenvalue weighted by Gasteiger charge is -2.29. The zero-order valence-corrected chi connectivity index (χ0v) is 11.8. The van der Waals surface area contributed by atoms with Crippen LogP contribution in [-0.4, -0.2) is 49.5 Å². The molecular formula is C16H22N2O2. The molecule has 0 radical (unpaired) electrons. The van der Waals surface area contributed by atoms with Gasteiger partial charge in [-0.1, -0.05) is 30.3 Å². The number of nitrogens with one attached hydrogen (secondary N) is 1. The first-order valence-corrected chi connectivity index (χ1v) is 7.29. The molecule has 0 amide bonds. The van der Waals surface area contributed by atoms with Crippen molar-refractivity contribution in [1.29, 1.82) is 0 Å². The van der Waals surface area contributed by atoms with Crippen LogP contribution in [0, 0.1) is 17.8 Å². The van der Waals surface area contributed by atoms with Crippen molar-refractivity contribution in [2.24, 2.45) is 17.8 Å². The van der Waals surface area contributed by atoms with E-state index >= 15 is 0 Å². The lowest BCUT2D eigenvalue weighted by molar-refractivity contribution is -0.127. The summed E-state index contributed by atoms with van der Waals surface area (Å²) in [6.45, 7) is 3.49. The SMILES string of the molecule is CNCC1C2CN(CC(O)(C=O)c3ccccc3)CC12.